The first-order valence-corrected chi connectivity index (χ1v) is 10.9. The molecule has 2 aromatic heterocycles. The first-order chi connectivity index (χ1) is 15.0. The number of benzene rings is 2. The van der Waals surface area contributed by atoms with E-state index in [-0.39, 0.29) is 11.7 Å². The fourth-order valence-corrected chi connectivity index (χ4v) is 5.20. The Hall–Kier alpha value is -3.07. The van der Waals surface area contributed by atoms with E-state index >= 15 is 0 Å². The number of nitrogens with zero attached hydrogens (tertiary/aromatic N) is 5. The van der Waals surface area contributed by atoms with Crippen LogP contribution in [0.25, 0.3) is 16.7 Å². The van der Waals surface area contributed by atoms with E-state index in [0.717, 1.165) is 29.7 Å². The number of piperidine rings is 1. The standard InChI is InChI=1S/C22H18BrFN6O/c1-12-2-3-14(19(8-12)30-25-5-6-26-30)20(31)29-7-4-13-11-22(13,29)21-27-17-9-15(23)16(24)10-18(17)28-21/h2-3,5-6,8-10,13H,4,7,11H2,1H3,(H,27,28)/t13-,22+/m1/s1. The van der Waals surface area contributed by atoms with Crippen molar-refractivity contribution in [3.05, 3.63) is 70.0 Å². The lowest BCUT2D eigenvalue weighted by Gasteiger charge is -2.28. The molecular formula is C22H18BrFN6O. The Bertz CT molecular complexity index is 1310. The van der Waals surface area contributed by atoms with Gasteiger partial charge >= 0.3 is 0 Å². The van der Waals surface area contributed by atoms with E-state index in [0.29, 0.717) is 33.7 Å². The highest BCUT2D eigenvalue weighted by Gasteiger charge is 2.66. The molecule has 9 heteroatoms. The molecule has 0 bridgehead atoms. The molecule has 1 saturated carbocycles. The summed E-state index contributed by atoms with van der Waals surface area (Å²) < 4.78 is 14.4. The zero-order valence-electron chi connectivity index (χ0n) is 16.6. The fraction of sp³-hybridized carbons (Fsp3) is 0.273. The molecule has 1 aliphatic heterocycles. The second-order valence-corrected chi connectivity index (χ2v) is 9.13. The van der Waals surface area contributed by atoms with Gasteiger partial charge in [-0.05, 0) is 65.4 Å². The van der Waals surface area contributed by atoms with Crippen LogP contribution in [0, 0.1) is 18.7 Å². The van der Waals surface area contributed by atoms with Crippen LogP contribution in [0.5, 0.6) is 0 Å². The predicted octanol–water partition coefficient (Wildman–Crippen LogP) is 4.11. The molecule has 2 fully saturated rings. The summed E-state index contributed by atoms with van der Waals surface area (Å²) in [4.78, 5) is 25.2. The number of hydrogen-bond donors (Lipinski definition) is 1. The molecule has 1 saturated heterocycles. The van der Waals surface area contributed by atoms with Crippen molar-refractivity contribution in [1.29, 1.82) is 0 Å². The van der Waals surface area contributed by atoms with Gasteiger partial charge < -0.3 is 9.88 Å². The van der Waals surface area contributed by atoms with Crippen molar-refractivity contribution in [3.63, 3.8) is 0 Å². The number of amides is 1. The van der Waals surface area contributed by atoms with Crippen molar-refractivity contribution < 1.29 is 9.18 Å². The van der Waals surface area contributed by atoms with Crippen LogP contribution in [0.1, 0.15) is 34.6 Å². The summed E-state index contributed by atoms with van der Waals surface area (Å²) in [7, 11) is 0. The lowest BCUT2D eigenvalue weighted by Crippen LogP contribution is -2.39. The Morgan fingerprint density at radius 3 is 2.84 bits per heavy atom. The van der Waals surface area contributed by atoms with E-state index in [1.807, 2.05) is 30.0 Å². The monoisotopic (exact) mass is 480 g/mol. The number of nitrogens with one attached hydrogen (secondary N) is 1. The Labute approximate surface area is 185 Å². The van der Waals surface area contributed by atoms with Crippen molar-refractivity contribution in [1.82, 2.24) is 29.9 Å². The molecule has 2 atom stereocenters. The maximum atomic E-state index is 14.0. The lowest BCUT2D eigenvalue weighted by atomic mass is 10.1. The summed E-state index contributed by atoms with van der Waals surface area (Å²) >= 11 is 3.23. The highest BCUT2D eigenvalue weighted by molar-refractivity contribution is 9.10. The molecule has 1 amide bonds. The summed E-state index contributed by atoms with van der Waals surface area (Å²) in [5.74, 6) is 0.648. The van der Waals surface area contributed by atoms with E-state index in [9.17, 15) is 9.18 Å². The van der Waals surface area contributed by atoms with Crippen molar-refractivity contribution in [2.75, 3.05) is 6.54 Å². The van der Waals surface area contributed by atoms with Crippen LogP contribution in [0.3, 0.4) is 0 Å². The summed E-state index contributed by atoms with van der Waals surface area (Å²) in [6.07, 6.45) is 4.96. The Morgan fingerprint density at radius 2 is 2.06 bits per heavy atom. The van der Waals surface area contributed by atoms with Gasteiger partial charge in [-0.15, -0.1) is 0 Å². The third-order valence-electron chi connectivity index (χ3n) is 6.45. The van der Waals surface area contributed by atoms with Gasteiger partial charge in [0.05, 0.1) is 39.2 Å². The lowest BCUT2D eigenvalue weighted by molar-refractivity contribution is 0.0680. The number of aryl methyl sites for hydroxylation is 1. The van der Waals surface area contributed by atoms with Crippen molar-refractivity contribution in [2.24, 2.45) is 5.92 Å². The molecular weight excluding hydrogens is 463 g/mol. The van der Waals surface area contributed by atoms with Crippen molar-refractivity contribution in [2.45, 2.75) is 25.3 Å². The smallest absolute Gasteiger partial charge is 0.256 e. The molecule has 7 nitrogen and oxygen atoms in total. The zero-order chi connectivity index (χ0) is 21.3. The minimum Gasteiger partial charge on any atom is -0.340 e. The Balaban J connectivity index is 1.43. The molecule has 31 heavy (non-hydrogen) atoms. The number of aromatic nitrogens is 5. The Kier molecular flexibility index (Phi) is 3.89. The number of rotatable bonds is 3. The van der Waals surface area contributed by atoms with Gasteiger partial charge in [-0.2, -0.15) is 15.0 Å². The van der Waals surface area contributed by atoms with Crippen LogP contribution in [0.4, 0.5) is 4.39 Å². The van der Waals surface area contributed by atoms with Crippen molar-refractivity contribution in [3.8, 4) is 5.69 Å². The minimum atomic E-state index is -0.473. The topological polar surface area (TPSA) is 79.7 Å². The van der Waals surface area contributed by atoms with Gasteiger partial charge in [0.25, 0.3) is 5.91 Å². The fourth-order valence-electron chi connectivity index (χ4n) is 4.86. The molecule has 0 radical (unpaired) electrons. The second kappa shape index (κ2) is 6.46. The van der Waals surface area contributed by atoms with Crippen LogP contribution >= 0.6 is 15.9 Å². The maximum absolute atomic E-state index is 14.0. The van der Waals surface area contributed by atoms with Gasteiger partial charge in [-0.1, -0.05) is 6.07 Å². The van der Waals surface area contributed by atoms with Crippen molar-refractivity contribution >= 4 is 32.9 Å². The SMILES string of the molecule is Cc1ccc(C(=O)N2CC[C@@H]3C[C@@]32c2nc3cc(F)c(Br)cc3[nH]2)c(-n2nccn2)c1. The summed E-state index contributed by atoms with van der Waals surface area (Å²) in [6, 6.07) is 8.79. The number of H-pyrrole nitrogens is 1. The molecule has 4 aromatic rings. The summed E-state index contributed by atoms with van der Waals surface area (Å²) in [6.45, 7) is 2.62. The number of imidazole rings is 1. The number of hydrogen-bond acceptors (Lipinski definition) is 4. The quantitative estimate of drug-likeness (QED) is 0.478. The molecule has 156 valence electrons. The molecule has 1 aliphatic carbocycles. The molecule has 6 rings (SSSR count). The Morgan fingerprint density at radius 1 is 1.26 bits per heavy atom. The second-order valence-electron chi connectivity index (χ2n) is 8.28. The van der Waals surface area contributed by atoms with E-state index in [2.05, 4.69) is 36.1 Å². The van der Waals surface area contributed by atoms with Crippen LogP contribution in [-0.4, -0.2) is 42.3 Å². The van der Waals surface area contributed by atoms with Gasteiger partial charge in [0.1, 0.15) is 17.2 Å². The highest BCUT2D eigenvalue weighted by atomic mass is 79.9. The third kappa shape index (κ3) is 2.69. The van der Waals surface area contributed by atoms with Gasteiger partial charge in [0, 0.05) is 12.6 Å². The molecule has 0 spiro atoms. The predicted molar refractivity (Wildman–Crippen MR) is 115 cm³/mol. The average molecular weight is 481 g/mol. The number of aromatic amines is 1. The summed E-state index contributed by atoms with van der Waals surface area (Å²) in [5.41, 5.74) is 3.07. The van der Waals surface area contributed by atoms with E-state index < -0.39 is 5.54 Å². The number of carbonyl (C=O) groups is 1. The van der Waals surface area contributed by atoms with Crippen LogP contribution in [-0.2, 0) is 5.54 Å². The van der Waals surface area contributed by atoms with Gasteiger partial charge in [-0.3, -0.25) is 4.79 Å². The minimum absolute atomic E-state index is 0.0693. The van der Waals surface area contributed by atoms with Crippen LogP contribution in [0.2, 0.25) is 0 Å². The normalized spacial score (nSPS) is 22.2. The van der Waals surface area contributed by atoms with Gasteiger partial charge in [0.15, 0.2) is 0 Å². The third-order valence-corrected chi connectivity index (χ3v) is 7.06. The number of carbonyl (C=O) groups excluding carboxylic acids is 1. The van der Waals surface area contributed by atoms with Crippen LogP contribution < -0.4 is 0 Å². The van der Waals surface area contributed by atoms with Crippen LogP contribution in [0.15, 0.2) is 47.2 Å². The van der Waals surface area contributed by atoms with Gasteiger partial charge in [-0.25, -0.2) is 9.37 Å². The molecule has 2 aliphatic rings. The largest absolute Gasteiger partial charge is 0.340 e. The first-order valence-electron chi connectivity index (χ1n) is 10.1. The summed E-state index contributed by atoms with van der Waals surface area (Å²) in [5, 5.41) is 8.45. The van der Waals surface area contributed by atoms with E-state index in [1.54, 1.807) is 18.5 Å². The highest BCUT2D eigenvalue weighted by Crippen LogP contribution is 2.62. The molecule has 2 aromatic carbocycles. The first kappa shape index (κ1) is 18.7. The molecule has 0 unspecified atom stereocenters. The average Bonchev–Trinajstić information content (AvgIpc) is 3.17. The molecule has 3 heterocycles. The zero-order valence-corrected chi connectivity index (χ0v) is 18.2. The maximum Gasteiger partial charge on any atom is 0.256 e. The number of likely N-dealkylation sites (tertiary alicyclic amines) is 1. The number of fused-ring (bicyclic) bond motifs is 2. The number of halogens is 2. The van der Waals surface area contributed by atoms with Gasteiger partial charge in [0.2, 0.25) is 0 Å². The van der Waals surface area contributed by atoms with E-state index in [1.165, 1.54) is 10.9 Å². The molecule has 1 N–H and O–H groups in total. The van der Waals surface area contributed by atoms with E-state index in [4.69, 9.17) is 0 Å².